The normalized spacial score (nSPS) is 18.9. The predicted octanol–water partition coefficient (Wildman–Crippen LogP) is 0.952. The molecule has 0 amide bonds. The minimum absolute atomic E-state index is 0.0556. The lowest BCUT2D eigenvalue weighted by molar-refractivity contribution is 0.0951. The molecule has 0 saturated carbocycles. The summed E-state index contributed by atoms with van der Waals surface area (Å²) in [5.41, 5.74) is 7.52. The van der Waals surface area contributed by atoms with Gasteiger partial charge in [-0.15, -0.1) is 0 Å². The van der Waals surface area contributed by atoms with E-state index in [4.69, 9.17) is 11.0 Å². The van der Waals surface area contributed by atoms with E-state index in [-0.39, 0.29) is 11.8 Å². The van der Waals surface area contributed by atoms with Crippen LogP contribution in [0.4, 0.5) is 0 Å². The number of nitriles is 1. The highest BCUT2D eigenvalue weighted by atomic mass is 16.1. The molecule has 88 valence electrons. The smallest absolute Gasteiger partial charge is 0.180 e. The minimum Gasteiger partial charge on any atom is -0.326 e. The van der Waals surface area contributed by atoms with E-state index >= 15 is 0 Å². The fraction of sp³-hybridized carbons (Fsp3) is 0.385. The molecule has 0 radical (unpaired) electrons. The summed E-state index contributed by atoms with van der Waals surface area (Å²) in [6.07, 6.45) is 1.88. The van der Waals surface area contributed by atoms with Gasteiger partial charge in [-0.25, -0.2) is 0 Å². The van der Waals surface area contributed by atoms with E-state index in [1.165, 1.54) is 0 Å². The summed E-state index contributed by atoms with van der Waals surface area (Å²) in [5, 5.41) is 12.0. The highest BCUT2D eigenvalue weighted by Crippen LogP contribution is 2.17. The molecule has 1 fully saturated rings. The Kier molecular flexibility index (Phi) is 3.52. The average Bonchev–Trinajstić information content (AvgIpc) is 2.91. The highest BCUT2D eigenvalue weighted by molar-refractivity contribution is 6.01. The van der Waals surface area contributed by atoms with Crippen molar-refractivity contribution < 1.29 is 4.79 Å². The highest BCUT2D eigenvalue weighted by Gasteiger charge is 2.24. The second-order valence-electron chi connectivity index (χ2n) is 4.20. The molecule has 1 saturated heterocycles. The van der Waals surface area contributed by atoms with Gasteiger partial charge >= 0.3 is 0 Å². The lowest BCUT2D eigenvalue weighted by atomic mass is 9.96. The molecule has 0 spiro atoms. The van der Waals surface area contributed by atoms with Crippen molar-refractivity contribution in [3.8, 4) is 6.07 Å². The molecular weight excluding hydrogens is 214 g/mol. The third-order valence-corrected chi connectivity index (χ3v) is 3.10. The molecule has 0 bridgehead atoms. The number of rotatable bonds is 3. The topological polar surface area (TPSA) is 78.9 Å². The summed E-state index contributed by atoms with van der Waals surface area (Å²) in [4.78, 5) is 12.3. The number of hydrogen-bond donors (Lipinski definition) is 2. The van der Waals surface area contributed by atoms with E-state index in [2.05, 4.69) is 11.4 Å². The maximum Gasteiger partial charge on any atom is 0.180 e. The third kappa shape index (κ3) is 2.36. The van der Waals surface area contributed by atoms with Crippen LogP contribution in [0.15, 0.2) is 18.2 Å². The number of nitrogens with one attached hydrogen (secondary N) is 1. The van der Waals surface area contributed by atoms with Crippen LogP contribution < -0.4 is 11.1 Å². The molecule has 1 aliphatic heterocycles. The van der Waals surface area contributed by atoms with Gasteiger partial charge < -0.3 is 11.1 Å². The van der Waals surface area contributed by atoms with E-state index in [0.29, 0.717) is 17.7 Å². The zero-order valence-corrected chi connectivity index (χ0v) is 9.57. The maximum absolute atomic E-state index is 12.3. The van der Waals surface area contributed by atoms with Crippen molar-refractivity contribution in [1.82, 2.24) is 5.32 Å². The van der Waals surface area contributed by atoms with Gasteiger partial charge in [-0.05, 0) is 37.1 Å². The van der Waals surface area contributed by atoms with Crippen molar-refractivity contribution in [2.75, 3.05) is 6.54 Å². The van der Waals surface area contributed by atoms with E-state index in [9.17, 15) is 4.79 Å². The van der Waals surface area contributed by atoms with Crippen LogP contribution >= 0.6 is 0 Å². The standard InChI is InChI=1S/C13H15N3O/c14-7-9-3-4-10(8-15)11(6-9)13(17)12-2-1-5-16-12/h3-4,6,12,16H,1-2,5,8,15H2/t12-/m0/s1. The van der Waals surface area contributed by atoms with Crippen molar-refractivity contribution in [1.29, 1.82) is 5.26 Å². The molecule has 0 unspecified atom stereocenters. The summed E-state index contributed by atoms with van der Waals surface area (Å²) >= 11 is 0. The van der Waals surface area contributed by atoms with Crippen molar-refractivity contribution in [2.24, 2.45) is 5.73 Å². The van der Waals surface area contributed by atoms with Crippen molar-refractivity contribution in [3.63, 3.8) is 0 Å². The molecule has 3 N–H and O–H groups in total. The lowest BCUT2D eigenvalue weighted by Crippen LogP contribution is -2.31. The summed E-state index contributed by atoms with van der Waals surface area (Å²) in [6.45, 7) is 1.20. The molecule has 0 aromatic heterocycles. The Morgan fingerprint density at radius 1 is 1.59 bits per heavy atom. The zero-order valence-electron chi connectivity index (χ0n) is 9.57. The largest absolute Gasteiger partial charge is 0.326 e. The fourth-order valence-electron chi connectivity index (χ4n) is 2.15. The maximum atomic E-state index is 12.3. The van der Waals surface area contributed by atoms with Gasteiger partial charge in [0, 0.05) is 12.1 Å². The fourth-order valence-corrected chi connectivity index (χ4v) is 2.15. The lowest BCUT2D eigenvalue weighted by Gasteiger charge is -2.12. The minimum atomic E-state index is -0.116. The molecule has 1 heterocycles. The van der Waals surface area contributed by atoms with Gasteiger partial charge in [0.15, 0.2) is 5.78 Å². The van der Waals surface area contributed by atoms with Crippen LogP contribution in [0.2, 0.25) is 0 Å². The molecular formula is C13H15N3O. The molecule has 1 aromatic carbocycles. The second kappa shape index (κ2) is 5.09. The SMILES string of the molecule is N#Cc1ccc(CN)c(C(=O)[C@@H]2CCCN2)c1. The Balaban J connectivity index is 2.35. The Hall–Kier alpha value is -1.70. The Morgan fingerprint density at radius 3 is 3.00 bits per heavy atom. The molecule has 1 atom stereocenters. The Bertz CT molecular complexity index is 470. The van der Waals surface area contributed by atoms with Crippen LogP contribution in [0.5, 0.6) is 0 Å². The van der Waals surface area contributed by atoms with Crippen LogP contribution in [0.1, 0.15) is 34.3 Å². The van der Waals surface area contributed by atoms with Crippen LogP contribution in [0.25, 0.3) is 0 Å². The first-order chi connectivity index (χ1) is 8.26. The molecule has 0 aliphatic carbocycles. The predicted molar refractivity (Wildman–Crippen MR) is 64.4 cm³/mol. The van der Waals surface area contributed by atoms with Gasteiger partial charge in [0.05, 0.1) is 17.7 Å². The summed E-state index contributed by atoms with van der Waals surface area (Å²) in [5.74, 6) is 0.0556. The van der Waals surface area contributed by atoms with E-state index < -0.39 is 0 Å². The monoisotopic (exact) mass is 229 g/mol. The van der Waals surface area contributed by atoms with Crippen molar-refractivity contribution in [3.05, 3.63) is 34.9 Å². The number of carbonyl (C=O) groups excluding carboxylic acids is 1. The number of Topliss-reactive ketones (excluding diaryl/α,β-unsaturated/α-hetero) is 1. The first kappa shape index (κ1) is 11.8. The molecule has 4 nitrogen and oxygen atoms in total. The van der Waals surface area contributed by atoms with Crippen LogP contribution in [0.3, 0.4) is 0 Å². The quantitative estimate of drug-likeness (QED) is 0.756. The van der Waals surface area contributed by atoms with E-state index in [1.807, 2.05) is 0 Å². The molecule has 17 heavy (non-hydrogen) atoms. The number of benzene rings is 1. The van der Waals surface area contributed by atoms with Gasteiger partial charge in [-0.3, -0.25) is 4.79 Å². The van der Waals surface area contributed by atoms with Gasteiger partial charge in [0.1, 0.15) is 0 Å². The van der Waals surface area contributed by atoms with Gasteiger partial charge in [0.25, 0.3) is 0 Å². The van der Waals surface area contributed by atoms with E-state index in [0.717, 1.165) is 24.9 Å². The molecule has 1 aromatic rings. The first-order valence-electron chi connectivity index (χ1n) is 5.77. The molecule has 2 rings (SSSR count). The van der Waals surface area contributed by atoms with Gasteiger partial charge in [-0.1, -0.05) is 6.07 Å². The number of ketones is 1. The molecule has 4 heteroatoms. The number of nitrogens with two attached hydrogens (primary N) is 1. The summed E-state index contributed by atoms with van der Waals surface area (Å²) in [6, 6.07) is 7.04. The van der Waals surface area contributed by atoms with Crippen molar-refractivity contribution >= 4 is 5.78 Å². The van der Waals surface area contributed by atoms with Crippen LogP contribution in [-0.4, -0.2) is 18.4 Å². The van der Waals surface area contributed by atoms with E-state index in [1.54, 1.807) is 18.2 Å². The second-order valence-corrected chi connectivity index (χ2v) is 4.20. The third-order valence-electron chi connectivity index (χ3n) is 3.10. The first-order valence-corrected chi connectivity index (χ1v) is 5.77. The summed E-state index contributed by atoms with van der Waals surface area (Å²) < 4.78 is 0. The molecule has 1 aliphatic rings. The zero-order chi connectivity index (χ0) is 12.3. The Labute approximate surface area is 100 Å². The summed E-state index contributed by atoms with van der Waals surface area (Å²) in [7, 11) is 0. The number of carbonyl (C=O) groups is 1. The number of hydrogen-bond acceptors (Lipinski definition) is 4. The Morgan fingerprint density at radius 2 is 2.41 bits per heavy atom. The average molecular weight is 229 g/mol. The van der Waals surface area contributed by atoms with Gasteiger partial charge in [0.2, 0.25) is 0 Å². The van der Waals surface area contributed by atoms with Crippen molar-refractivity contribution in [2.45, 2.75) is 25.4 Å². The van der Waals surface area contributed by atoms with Crippen LogP contribution in [-0.2, 0) is 6.54 Å². The van der Waals surface area contributed by atoms with Gasteiger partial charge in [-0.2, -0.15) is 5.26 Å². The number of nitrogens with zero attached hydrogens (tertiary/aromatic N) is 1. The van der Waals surface area contributed by atoms with Crippen LogP contribution in [0, 0.1) is 11.3 Å².